The standard InChI is InChI=1S/C10H14O4/c1-4-5-7-8(10(12)13-3)6(2)9(11)14-7/h7-8H,2,4-5H2,1,3H3/t7-,8+/m0/s1. The average molecular weight is 198 g/mol. The molecule has 0 aromatic heterocycles. The second-order valence-corrected chi connectivity index (χ2v) is 3.26. The van der Waals surface area contributed by atoms with Crippen LogP contribution >= 0.6 is 0 Å². The second kappa shape index (κ2) is 4.26. The summed E-state index contributed by atoms with van der Waals surface area (Å²) >= 11 is 0. The molecule has 1 fully saturated rings. The highest BCUT2D eigenvalue weighted by Crippen LogP contribution is 2.30. The molecule has 2 atom stereocenters. The first kappa shape index (κ1) is 10.8. The van der Waals surface area contributed by atoms with Crippen LogP contribution in [0.15, 0.2) is 12.2 Å². The van der Waals surface area contributed by atoms with Crippen LogP contribution in [0.1, 0.15) is 19.8 Å². The Kier molecular flexibility index (Phi) is 3.28. The normalized spacial score (nSPS) is 26.1. The molecule has 0 N–H and O–H groups in total. The number of rotatable bonds is 3. The van der Waals surface area contributed by atoms with E-state index >= 15 is 0 Å². The summed E-state index contributed by atoms with van der Waals surface area (Å²) in [5, 5.41) is 0. The van der Waals surface area contributed by atoms with Gasteiger partial charge in [0.1, 0.15) is 12.0 Å². The van der Waals surface area contributed by atoms with Crippen molar-refractivity contribution in [2.24, 2.45) is 5.92 Å². The van der Waals surface area contributed by atoms with Crippen molar-refractivity contribution in [2.75, 3.05) is 7.11 Å². The zero-order chi connectivity index (χ0) is 10.7. The number of carbonyl (C=O) groups is 2. The lowest BCUT2D eigenvalue weighted by Gasteiger charge is -2.14. The van der Waals surface area contributed by atoms with Crippen molar-refractivity contribution in [3.63, 3.8) is 0 Å². The molecule has 1 aliphatic rings. The summed E-state index contributed by atoms with van der Waals surface area (Å²) in [6.07, 6.45) is 1.11. The maximum absolute atomic E-state index is 11.3. The van der Waals surface area contributed by atoms with E-state index in [-0.39, 0.29) is 5.57 Å². The number of carbonyl (C=O) groups excluding carboxylic acids is 2. The molecule has 14 heavy (non-hydrogen) atoms. The summed E-state index contributed by atoms with van der Waals surface area (Å²) in [6, 6.07) is 0. The second-order valence-electron chi connectivity index (χ2n) is 3.26. The van der Waals surface area contributed by atoms with Crippen molar-refractivity contribution < 1.29 is 19.1 Å². The van der Waals surface area contributed by atoms with Gasteiger partial charge in [-0.25, -0.2) is 4.79 Å². The van der Waals surface area contributed by atoms with Gasteiger partial charge >= 0.3 is 11.9 Å². The fraction of sp³-hybridized carbons (Fsp3) is 0.600. The van der Waals surface area contributed by atoms with Crippen molar-refractivity contribution in [1.29, 1.82) is 0 Å². The number of hydrogen-bond donors (Lipinski definition) is 0. The maximum Gasteiger partial charge on any atom is 0.334 e. The first-order valence-corrected chi connectivity index (χ1v) is 4.59. The summed E-state index contributed by atoms with van der Waals surface area (Å²) in [5.41, 5.74) is 0.204. The largest absolute Gasteiger partial charge is 0.468 e. The van der Waals surface area contributed by atoms with Crippen LogP contribution in [0.3, 0.4) is 0 Å². The van der Waals surface area contributed by atoms with Gasteiger partial charge in [-0.2, -0.15) is 0 Å². The van der Waals surface area contributed by atoms with E-state index in [4.69, 9.17) is 4.74 Å². The van der Waals surface area contributed by atoms with Gasteiger partial charge in [-0.1, -0.05) is 19.9 Å². The zero-order valence-corrected chi connectivity index (χ0v) is 8.41. The highest BCUT2D eigenvalue weighted by atomic mass is 16.6. The minimum atomic E-state index is -0.618. The molecule has 1 heterocycles. The smallest absolute Gasteiger partial charge is 0.334 e. The van der Waals surface area contributed by atoms with Gasteiger partial charge in [0, 0.05) is 5.57 Å². The molecule has 0 amide bonds. The molecule has 1 rings (SSSR count). The summed E-state index contributed by atoms with van der Waals surface area (Å²) in [5.74, 6) is -1.55. The van der Waals surface area contributed by atoms with Crippen LogP contribution in [0.2, 0.25) is 0 Å². The average Bonchev–Trinajstić information content (AvgIpc) is 2.43. The molecule has 0 radical (unpaired) electrons. The molecular weight excluding hydrogens is 184 g/mol. The summed E-state index contributed by atoms with van der Waals surface area (Å²) in [4.78, 5) is 22.5. The molecule has 4 heteroatoms. The van der Waals surface area contributed by atoms with E-state index in [1.807, 2.05) is 6.92 Å². The van der Waals surface area contributed by atoms with Crippen molar-refractivity contribution in [2.45, 2.75) is 25.9 Å². The monoisotopic (exact) mass is 198 g/mol. The van der Waals surface area contributed by atoms with Gasteiger partial charge in [0.15, 0.2) is 0 Å². The fourth-order valence-corrected chi connectivity index (χ4v) is 1.56. The lowest BCUT2D eigenvalue weighted by atomic mass is 9.95. The molecule has 0 aromatic rings. The van der Waals surface area contributed by atoms with Crippen molar-refractivity contribution >= 4 is 11.9 Å². The molecule has 1 aliphatic heterocycles. The Balaban J connectivity index is 2.81. The summed E-state index contributed by atoms with van der Waals surface area (Å²) in [6.45, 7) is 5.50. The van der Waals surface area contributed by atoms with E-state index in [0.29, 0.717) is 6.42 Å². The highest BCUT2D eigenvalue weighted by molar-refractivity contribution is 5.98. The maximum atomic E-state index is 11.3. The Morgan fingerprint density at radius 1 is 1.64 bits per heavy atom. The van der Waals surface area contributed by atoms with Gasteiger partial charge in [0.05, 0.1) is 7.11 Å². The molecule has 78 valence electrons. The minimum Gasteiger partial charge on any atom is -0.468 e. The van der Waals surface area contributed by atoms with Crippen molar-refractivity contribution in [1.82, 2.24) is 0 Å². The molecule has 0 aromatic carbocycles. The van der Waals surface area contributed by atoms with Crippen LogP contribution in [-0.2, 0) is 19.1 Å². The van der Waals surface area contributed by atoms with Crippen LogP contribution < -0.4 is 0 Å². The van der Waals surface area contributed by atoms with Gasteiger partial charge in [0.2, 0.25) is 0 Å². The summed E-state index contributed by atoms with van der Waals surface area (Å²) in [7, 11) is 1.29. The third-order valence-corrected chi connectivity index (χ3v) is 2.30. The van der Waals surface area contributed by atoms with E-state index in [9.17, 15) is 9.59 Å². The van der Waals surface area contributed by atoms with Crippen LogP contribution in [0.4, 0.5) is 0 Å². The van der Waals surface area contributed by atoms with Gasteiger partial charge in [0.25, 0.3) is 0 Å². The Hall–Kier alpha value is -1.32. The number of cyclic esters (lactones) is 1. The molecule has 0 bridgehead atoms. The molecule has 1 saturated heterocycles. The van der Waals surface area contributed by atoms with Crippen molar-refractivity contribution in [3.05, 3.63) is 12.2 Å². The lowest BCUT2D eigenvalue weighted by molar-refractivity contribution is -0.147. The number of ether oxygens (including phenoxy) is 2. The lowest BCUT2D eigenvalue weighted by Crippen LogP contribution is -2.26. The molecule has 0 unspecified atom stereocenters. The van der Waals surface area contributed by atoms with Crippen molar-refractivity contribution in [3.8, 4) is 0 Å². The Labute approximate surface area is 82.9 Å². The third kappa shape index (κ3) is 1.78. The molecule has 0 aliphatic carbocycles. The quantitative estimate of drug-likeness (QED) is 0.502. The Morgan fingerprint density at radius 3 is 2.79 bits per heavy atom. The number of esters is 2. The van der Waals surface area contributed by atoms with E-state index in [1.165, 1.54) is 7.11 Å². The first-order chi connectivity index (χ1) is 6.61. The molecule has 4 nitrogen and oxygen atoms in total. The molecule has 0 spiro atoms. The van der Waals surface area contributed by atoms with Gasteiger partial charge in [-0.05, 0) is 6.42 Å². The topological polar surface area (TPSA) is 52.6 Å². The highest BCUT2D eigenvalue weighted by Gasteiger charge is 2.43. The van der Waals surface area contributed by atoms with Crippen LogP contribution in [0, 0.1) is 5.92 Å². The minimum absolute atomic E-state index is 0.204. The van der Waals surface area contributed by atoms with Gasteiger partial charge < -0.3 is 9.47 Å². The zero-order valence-electron chi connectivity index (χ0n) is 8.41. The van der Waals surface area contributed by atoms with E-state index in [1.54, 1.807) is 0 Å². The van der Waals surface area contributed by atoms with Gasteiger partial charge in [-0.3, -0.25) is 4.79 Å². The van der Waals surface area contributed by atoms with E-state index in [0.717, 1.165) is 6.42 Å². The van der Waals surface area contributed by atoms with E-state index < -0.39 is 24.0 Å². The third-order valence-electron chi connectivity index (χ3n) is 2.30. The Morgan fingerprint density at radius 2 is 2.29 bits per heavy atom. The van der Waals surface area contributed by atoms with Crippen LogP contribution in [0.5, 0.6) is 0 Å². The van der Waals surface area contributed by atoms with Gasteiger partial charge in [-0.15, -0.1) is 0 Å². The number of hydrogen-bond acceptors (Lipinski definition) is 4. The molecular formula is C10H14O4. The van der Waals surface area contributed by atoms with E-state index in [2.05, 4.69) is 11.3 Å². The summed E-state index contributed by atoms with van der Waals surface area (Å²) < 4.78 is 9.61. The fourth-order valence-electron chi connectivity index (χ4n) is 1.56. The van der Waals surface area contributed by atoms with Crippen LogP contribution in [0.25, 0.3) is 0 Å². The SMILES string of the molecule is C=C1C(=O)O[C@@H](CCC)[C@@H]1C(=O)OC. The van der Waals surface area contributed by atoms with Crippen LogP contribution in [-0.4, -0.2) is 25.2 Å². The first-order valence-electron chi connectivity index (χ1n) is 4.59. The Bertz CT molecular complexity index is 269. The predicted molar refractivity (Wildman–Crippen MR) is 49.4 cm³/mol. The predicted octanol–water partition coefficient (Wildman–Crippen LogP) is 1.06. The number of methoxy groups -OCH3 is 1. The molecule has 0 saturated carbocycles.